The van der Waals surface area contributed by atoms with Gasteiger partial charge in [-0.2, -0.15) is 18.4 Å². The third-order valence-electron chi connectivity index (χ3n) is 1.60. The van der Waals surface area contributed by atoms with Crippen molar-refractivity contribution in [1.29, 1.82) is 5.26 Å². The molecule has 0 aliphatic rings. The van der Waals surface area contributed by atoms with Crippen molar-refractivity contribution in [1.82, 2.24) is 0 Å². The lowest BCUT2D eigenvalue weighted by molar-refractivity contribution is -0.0611. The highest BCUT2D eigenvalue weighted by Crippen LogP contribution is 2.22. The zero-order valence-electron chi connectivity index (χ0n) is 8.03. The fourth-order valence-corrected chi connectivity index (χ4v) is 0.990. The molecule has 0 radical (unpaired) electrons. The third-order valence-corrected chi connectivity index (χ3v) is 1.60. The van der Waals surface area contributed by atoms with Crippen LogP contribution in [0.4, 0.5) is 13.2 Å². The molecule has 0 bridgehead atoms. The number of alkyl halides is 3. The van der Waals surface area contributed by atoms with E-state index in [9.17, 15) is 13.2 Å². The molecule has 0 unspecified atom stereocenters. The second kappa shape index (κ2) is 5.16. The average Bonchev–Trinajstić information content (AvgIpc) is 2.24. The van der Waals surface area contributed by atoms with Crippen molar-refractivity contribution in [3.63, 3.8) is 0 Å². The highest BCUT2D eigenvalue weighted by Gasteiger charge is 2.37. The fourth-order valence-electron chi connectivity index (χ4n) is 0.990. The summed E-state index contributed by atoms with van der Waals surface area (Å²) in [6, 6.07) is 8.57. The number of rotatable bonds is 3. The van der Waals surface area contributed by atoms with E-state index < -0.39 is 18.5 Å². The van der Waals surface area contributed by atoms with E-state index in [1.54, 1.807) is 6.07 Å². The Morgan fingerprint density at radius 1 is 1.31 bits per heavy atom. The zero-order valence-corrected chi connectivity index (χ0v) is 8.03. The van der Waals surface area contributed by atoms with E-state index in [4.69, 9.17) is 5.26 Å². The maximum atomic E-state index is 12.5. The number of halogens is 3. The predicted molar refractivity (Wildman–Crippen MR) is 50.6 cm³/mol. The van der Waals surface area contributed by atoms with E-state index in [1.165, 1.54) is 30.3 Å². The van der Waals surface area contributed by atoms with Gasteiger partial charge >= 0.3 is 6.18 Å². The molecule has 0 saturated heterocycles. The molecule has 1 rings (SSSR count). The first-order chi connectivity index (χ1) is 7.55. The molecule has 0 saturated carbocycles. The Hall–Kier alpha value is -2.03. The number of nitriles is 1. The van der Waals surface area contributed by atoms with E-state index in [-0.39, 0.29) is 5.56 Å². The van der Waals surface area contributed by atoms with Gasteiger partial charge in [0.05, 0.1) is 0 Å². The summed E-state index contributed by atoms with van der Waals surface area (Å²) in [4.78, 5) is 4.23. The van der Waals surface area contributed by atoms with Crippen LogP contribution in [0, 0.1) is 11.3 Å². The summed E-state index contributed by atoms with van der Waals surface area (Å²) in [6.45, 7) is -0.521. The molecule has 0 aromatic heterocycles. The first kappa shape index (κ1) is 12.0. The van der Waals surface area contributed by atoms with Crippen LogP contribution in [0.2, 0.25) is 0 Å². The standard InChI is InChI=1S/C10H7F3N2O/c11-10(12,13)9(15-16-7-6-14)8-4-2-1-3-5-8/h1-5H,7H2. The monoisotopic (exact) mass is 228 g/mol. The van der Waals surface area contributed by atoms with Crippen molar-refractivity contribution in [3.8, 4) is 6.07 Å². The van der Waals surface area contributed by atoms with Crippen LogP contribution in [0.15, 0.2) is 35.5 Å². The second-order valence-electron chi connectivity index (χ2n) is 2.74. The lowest BCUT2D eigenvalue weighted by atomic mass is 10.1. The Balaban J connectivity index is 2.99. The number of nitrogens with zero attached hydrogens (tertiary/aromatic N) is 2. The number of benzene rings is 1. The molecule has 0 amide bonds. The summed E-state index contributed by atoms with van der Waals surface area (Å²) < 4.78 is 37.6. The fraction of sp³-hybridized carbons (Fsp3) is 0.200. The molecule has 1 aromatic carbocycles. The van der Waals surface area contributed by atoms with E-state index in [0.29, 0.717) is 0 Å². The topological polar surface area (TPSA) is 45.4 Å². The SMILES string of the molecule is N#CCON=C(c1ccccc1)C(F)(F)F. The molecular weight excluding hydrogens is 221 g/mol. The lowest BCUT2D eigenvalue weighted by Gasteiger charge is -2.09. The summed E-state index contributed by atoms with van der Waals surface area (Å²) in [6.07, 6.45) is -4.61. The smallest absolute Gasteiger partial charge is 0.380 e. The molecule has 0 spiro atoms. The Kier molecular flexibility index (Phi) is 3.89. The van der Waals surface area contributed by atoms with E-state index in [2.05, 4.69) is 9.99 Å². The van der Waals surface area contributed by atoms with Crippen molar-refractivity contribution >= 4 is 5.71 Å². The van der Waals surface area contributed by atoms with Gasteiger partial charge in [0.25, 0.3) is 0 Å². The van der Waals surface area contributed by atoms with Crippen molar-refractivity contribution < 1.29 is 18.0 Å². The van der Waals surface area contributed by atoms with Gasteiger partial charge in [-0.05, 0) is 0 Å². The first-order valence-corrected chi connectivity index (χ1v) is 4.25. The van der Waals surface area contributed by atoms with Gasteiger partial charge in [0.15, 0.2) is 5.71 Å². The Bertz CT molecular complexity index is 406. The van der Waals surface area contributed by atoms with Gasteiger partial charge in [-0.25, -0.2) is 0 Å². The summed E-state index contributed by atoms with van der Waals surface area (Å²) in [5, 5.41) is 11.1. The van der Waals surface area contributed by atoms with Crippen LogP contribution in [0.5, 0.6) is 0 Å². The van der Waals surface area contributed by atoms with E-state index in [1.807, 2.05) is 0 Å². The minimum atomic E-state index is -4.61. The number of hydrogen-bond acceptors (Lipinski definition) is 3. The Morgan fingerprint density at radius 3 is 2.44 bits per heavy atom. The maximum absolute atomic E-state index is 12.5. The quantitative estimate of drug-likeness (QED) is 0.453. The van der Waals surface area contributed by atoms with Crippen LogP contribution in [0.25, 0.3) is 0 Å². The molecule has 0 atom stereocenters. The molecule has 0 fully saturated rings. The third kappa shape index (κ3) is 3.28. The van der Waals surface area contributed by atoms with Crippen molar-refractivity contribution in [2.75, 3.05) is 6.61 Å². The largest absolute Gasteiger partial charge is 0.437 e. The second-order valence-corrected chi connectivity index (χ2v) is 2.74. The molecule has 6 heteroatoms. The number of oxime groups is 1. The summed E-state index contributed by atoms with van der Waals surface area (Å²) >= 11 is 0. The molecule has 84 valence electrons. The summed E-state index contributed by atoms with van der Waals surface area (Å²) in [5.41, 5.74) is -1.25. The van der Waals surface area contributed by atoms with Crippen LogP contribution >= 0.6 is 0 Å². The minimum absolute atomic E-state index is 0.104. The normalized spacial score (nSPS) is 12.0. The zero-order chi connectivity index (χ0) is 12.0. The summed E-state index contributed by atoms with van der Waals surface area (Å²) in [5.74, 6) is 0. The van der Waals surface area contributed by atoms with Crippen LogP contribution in [-0.2, 0) is 4.84 Å². The predicted octanol–water partition coefficient (Wildman–Crippen LogP) is 2.49. The van der Waals surface area contributed by atoms with Gasteiger partial charge in [0, 0.05) is 5.56 Å². The molecule has 1 aromatic rings. The molecule has 0 aliphatic carbocycles. The molecule has 0 N–H and O–H groups in total. The van der Waals surface area contributed by atoms with Gasteiger partial charge in [0.2, 0.25) is 6.61 Å². The Labute approximate surface area is 89.7 Å². The van der Waals surface area contributed by atoms with Gasteiger partial charge in [0.1, 0.15) is 6.07 Å². The highest BCUT2D eigenvalue weighted by molar-refractivity contribution is 6.04. The van der Waals surface area contributed by atoms with Gasteiger partial charge < -0.3 is 4.84 Å². The van der Waals surface area contributed by atoms with E-state index in [0.717, 1.165) is 0 Å². The Morgan fingerprint density at radius 2 is 1.94 bits per heavy atom. The van der Waals surface area contributed by atoms with Gasteiger partial charge in [-0.15, -0.1) is 0 Å². The first-order valence-electron chi connectivity index (χ1n) is 4.25. The molecular formula is C10H7F3N2O. The lowest BCUT2D eigenvalue weighted by Crippen LogP contribution is -2.24. The summed E-state index contributed by atoms with van der Waals surface area (Å²) in [7, 11) is 0. The van der Waals surface area contributed by atoms with Crippen LogP contribution < -0.4 is 0 Å². The number of hydrogen-bond donors (Lipinski definition) is 0. The molecule has 0 aliphatic heterocycles. The minimum Gasteiger partial charge on any atom is -0.380 e. The van der Waals surface area contributed by atoms with E-state index >= 15 is 0 Å². The van der Waals surface area contributed by atoms with Gasteiger partial charge in [-0.3, -0.25) is 0 Å². The van der Waals surface area contributed by atoms with Crippen LogP contribution in [0.3, 0.4) is 0 Å². The molecule has 3 nitrogen and oxygen atoms in total. The highest BCUT2D eigenvalue weighted by atomic mass is 19.4. The van der Waals surface area contributed by atoms with Crippen molar-refractivity contribution in [2.24, 2.45) is 5.16 Å². The maximum Gasteiger partial charge on any atom is 0.437 e. The average molecular weight is 228 g/mol. The van der Waals surface area contributed by atoms with Crippen molar-refractivity contribution in [2.45, 2.75) is 6.18 Å². The molecule has 0 heterocycles. The van der Waals surface area contributed by atoms with Crippen LogP contribution in [-0.4, -0.2) is 18.5 Å². The van der Waals surface area contributed by atoms with Crippen LogP contribution in [0.1, 0.15) is 5.56 Å². The van der Waals surface area contributed by atoms with Gasteiger partial charge in [-0.1, -0.05) is 35.5 Å². The molecule has 16 heavy (non-hydrogen) atoms. The van der Waals surface area contributed by atoms with Crippen molar-refractivity contribution in [3.05, 3.63) is 35.9 Å².